The molecule has 0 rings (SSSR count). The van der Waals surface area contributed by atoms with Crippen LogP contribution in [0.5, 0.6) is 0 Å². The Morgan fingerprint density at radius 1 is 0.800 bits per heavy atom. The van der Waals surface area contributed by atoms with Crippen molar-refractivity contribution in [3.05, 3.63) is 0 Å². The second kappa shape index (κ2) is 23.5. The summed E-state index contributed by atoms with van der Waals surface area (Å²) in [6.45, 7) is 0. The quantitative estimate of drug-likeness (QED) is 0.375. The van der Waals surface area contributed by atoms with Gasteiger partial charge >= 0.3 is 0 Å². The zero-order chi connectivity index (χ0) is 0. The SMILES string of the molecule is [Ce].[Gd].[Mo].[Mo].[Ni]. The van der Waals surface area contributed by atoms with E-state index in [1.165, 1.54) is 0 Å². The van der Waals surface area contributed by atoms with E-state index >= 15 is 0 Å². The van der Waals surface area contributed by atoms with E-state index in [4.69, 9.17) is 0 Å². The fourth-order valence-corrected chi connectivity index (χ4v) is 0. The first-order valence-corrected chi connectivity index (χ1v) is 0. The Bertz CT molecular complexity index is 9.61. The van der Waals surface area contributed by atoms with E-state index in [1.807, 2.05) is 0 Å². The van der Waals surface area contributed by atoms with Crippen molar-refractivity contribution in [2.24, 2.45) is 0 Å². The maximum atomic E-state index is 0. The average molecular weight is 548 g/mol. The molecular weight excluding hydrogens is 548 g/mol. The van der Waals surface area contributed by atoms with E-state index in [1.54, 1.807) is 0 Å². The average Bonchev–Trinajstić information content (AvgIpc) is 0. The van der Waals surface area contributed by atoms with Gasteiger partial charge in [-0.15, -0.1) is 0 Å². The predicted molar refractivity (Wildman–Crippen MR) is 0 cm³/mol. The molecule has 5 heavy (non-hydrogen) atoms. The van der Waals surface area contributed by atoms with Crippen LogP contribution in [0.25, 0.3) is 0 Å². The summed E-state index contributed by atoms with van der Waals surface area (Å²) >= 11 is 0. The summed E-state index contributed by atoms with van der Waals surface area (Å²) < 4.78 is 0. The van der Waals surface area contributed by atoms with Gasteiger partial charge in [-0.1, -0.05) is 0 Å². The minimum absolute atomic E-state index is 0. The number of rotatable bonds is 0. The summed E-state index contributed by atoms with van der Waals surface area (Å²) in [5.41, 5.74) is 0. The van der Waals surface area contributed by atoms with Gasteiger partial charge in [-0.2, -0.15) is 0 Å². The van der Waals surface area contributed by atoms with Crippen molar-refractivity contribution in [1.82, 2.24) is 0 Å². The number of hydrogen-bond donors (Lipinski definition) is 0. The molecule has 0 bridgehead atoms. The van der Waals surface area contributed by atoms with E-state index in [9.17, 15) is 0 Å². The van der Waals surface area contributed by atoms with Crippen LogP contribution in [-0.2, 0) is 58.6 Å². The molecule has 0 saturated carbocycles. The van der Waals surface area contributed by atoms with Crippen LogP contribution >= 0.6 is 0 Å². The van der Waals surface area contributed by atoms with E-state index in [0.29, 0.717) is 0 Å². The fraction of sp³-hybridized carbons (Fsp3) is 0. The smallest absolute Gasteiger partial charge is 0 e. The molecule has 0 amide bonds. The minimum Gasteiger partial charge on any atom is 0 e. The Kier molecular flexibility index (Phi) is 158. The Hall–Kier alpha value is 4.57. The van der Waals surface area contributed by atoms with Gasteiger partial charge in [0, 0.05) is 140 Å². The van der Waals surface area contributed by atoms with E-state index < -0.39 is 0 Å². The largest absolute Gasteiger partial charge is 0 e. The van der Waals surface area contributed by atoms with E-state index in [2.05, 4.69) is 0 Å². The van der Waals surface area contributed by atoms with Crippen molar-refractivity contribution in [2.75, 3.05) is 0 Å². The van der Waals surface area contributed by atoms with Crippen molar-refractivity contribution in [3.63, 3.8) is 0 Å². The number of hydrogen-bond acceptors (Lipinski definition) is 0. The summed E-state index contributed by atoms with van der Waals surface area (Å²) in [4.78, 5) is 0. The summed E-state index contributed by atoms with van der Waals surface area (Å²) in [7, 11) is 0. The van der Waals surface area contributed by atoms with Crippen molar-refractivity contribution in [2.45, 2.75) is 0 Å². The standard InChI is InChI=1S/Ce.Gd.2Mo.Ni. The third-order valence-electron chi connectivity index (χ3n) is 0. The molecule has 0 heterocycles. The van der Waals surface area contributed by atoms with Gasteiger partial charge in [0.25, 0.3) is 0 Å². The summed E-state index contributed by atoms with van der Waals surface area (Å²) in [5, 5.41) is 0. The van der Waals surface area contributed by atoms with E-state index in [0.717, 1.165) is 0 Å². The Balaban J connectivity index is 0. The molecule has 0 spiro atoms. The molecule has 0 aromatic rings. The molecule has 0 unspecified atom stereocenters. The molecule has 0 saturated heterocycles. The van der Waals surface area contributed by atoms with Gasteiger partial charge in [0.15, 0.2) is 0 Å². The molecule has 0 aromatic heterocycles. The molecule has 0 aromatic carbocycles. The third-order valence-corrected chi connectivity index (χ3v) is 0. The molecular formula is CeGdMo2Ni. The van der Waals surface area contributed by atoms with Crippen molar-refractivity contribution in [3.8, 4) is 0 Å². The molecule has 0 aliphatic carbocycles. The van der Waals surface area contributed by atoms with Crippen molar-refractivity contribution >= 4 is 0 Å². The van der Waals surface area contributed by atoms with Crippen LogP contribution in [0.4, 0.5) is 0 Å². The molecule has 0 aliphatic heterocycles. The summed E-state index contributed by atoms with van der Waals surface area (Å²) in [6, 6.07) is 0. The molecule has 0 atom stereocenters. The van der Waals surface area contributed by atoms with Crippen LogP contribution in [0, 0.1) is 81.7 Å². The van der Waals surface area contributed by atoms with Gasteiger partial charge in [0.05, 0.1) is 0 Å². The zero-order valence-electron chi connectivity index (χ0n) is 1.99. The molecule has 0 N–H and O–H groups in total. The molecule has 0 aliphatic rings. The normalized spacial score (nSPS) is 0. The Morgan fingerprint density at radius 3 is 0.800 bits per heavy atom. The van der Waals surface area contributed by atoms with Crippen LogP contribution in [0.3, 0.4) is 0 Å². The van der Waals surface area contributed by atoms with Gasteiger partial charge < -0.3 is 0 Å². The summed E-state index contributed by atoms with van der Waals surface area (Å²) in [6.07, 6.45) is 0. The topological polar surface area (TPSA) is 0 Å². The maximum Gasteiger partial charge on any atom is 0 e. The minimum atomic E-state index is 0. The second-order valence-corrected chi connectivity index (χ2v) is 0. The Morgan fingerprint density at radius 2 is 0.800 bits per heavy atom. The first-order chi connectivity index (χ1) is 0. The first-order valence-electron chi connectivity index (χ1n) is 0. The zero-order valence-corrected chi connectivity index (χ0v) is 12.4. The summed E-state index contributed by atoms with van der Waals surface area (Å²) in [5.74, 6) is 0. The fourth-order valence-electron chi connectivity index (χ4n) is 0. The third kappa shape index (κ3) is 17.7. The van der Waals surface area contributed by atoms with Gasteiger partial charge in [0.2, 0.25) is 0 Å². The van der Waals surface area contributed by atoms with E-state index in [-0.39, 0.29) is 140 Å². The van der Waals surface area contributed by atoms with Crippen LogP contribution in [-0.4, -0.2) is 0 Å². The molecule has 34 valence electrons. The molecule has 5 heteroatoms. The first kappa shape index (κ1) is 33.6. The Labute approximate surface area is 136 Å². The maximum absolute atomic E-state index is 0. The van der Waals surface area contributed by atoms with Crippen LogP contribution in [0.15, 0.2) is 0 Å². The van der Waals surface area contributed by atoms with Crippen LogP contribution in [0.2, 0.25) is 0 Å². The van der Waals surface area contributed by atoms with Crippen LogP contribution in [0.1, 0.15) is 0 Å². The predicted octanol–water partition coefficient (Wildman–Crippen LogP) is -0.00750. The van der Waals surface area contributed by atoms with Gasteiger partial charge in [-0.25, -0.2) is 0 Å². The van der Waals surface area contributed by atoms with Crippen molar-refractivity contribution in [1.29, 1.82) is 0 Å². The molecule has 0 radical (unpaired) electrons. The molecule has 0 nitrogen and oxygen atoms in total. The van der Waals surface area contributed by atoms with Gasteiger partial charge in [-0.05, 0) is 0 Å². The molecule has 0 fully saturated rings. The second-order valence-electron chi connectivity index (χ2n) is 0. The van der Waals surface area contributed by atoms with Crippen molar-refractivity contribution < 1.29 is 140 Å². The van der Waals surface area contributed by atoms with Crippen LogP contribution < -0.4 is 0 Å². The monoisotopic (exact) mass is 552 g/mol. The van der Waals surface area contributed by atoms with Gasteiger partial charge in [0.1, 0.15) is 0 Å². The van der Waals surface area contributed by atoms with Gasteiger partial charge in [-0.3, -0.25) is 0 Å².